The Kier molecular flexibility index (Phi) is 9.85. The van der Waals surface area contributed by atoms with Gasteiger partial charge in [0, 0.05) is 23.1 Å². The number of nitrogens with zero attached hydrogens (tertiary/aromatic N) is 2. The lowest BCUT2D eigenvalue weighted by atomic mass is 10.1. The molecule has 0 aliphatic carbocycles. The Morgan fingerprint density at radius 1 is 1.03 bits per heavy atom. The van der Waals surface area contributed by atoms with Crippen LogP contribution in [-0.4, -0.2) is 56.4 Å². The SMILES string of the molecule is Cc1cnc(CN(C)Cc2ccc3sccc3c2)[nH]1.O=C(O)C(F)(F)F.O=C(O)C(F)(F)F. The number of carbonyl (C=O) groups is 2. The van der Waals surface area contributed by atoms with Crippen molar-refractivity contribution in [3.63, 3.8) is 0 Å². The van der Waals surface area contributed by atoms with Crippen molar-refractivity contribution in [1.82, 2.24) is 14.9 Å². The molecule has 3 aromatic rings. The van der Waals surface area contributed by atoms with Crippen molar-refractivity contribution in [3.05, 3.63) is 52.9 Å². The van der Waals surface area contributed by atoms with Crippen molar-refractivity contribution in [2.45, 2.75) is 32.4 Å². The molecule has 1 aromatic carbocycles. The van der Waals surface area contributed by atoms with Gasteiger partial charge in [-0.1, -0.05) is 6.07 Å². The lowest BCUT2D eigenvalue weighted by molar-refractivity contribution is -0.193. The number of carboxylic acids is 2. The summed E-state index contributed by atoms with van der Waals surface area (Å²) in [4.78, 5) is 27.7. The molecule has 0 aliphatic rings. The van der Waals surface area contributed by atoms with Gasteiger partial charge in [0.15, 0.2) is 0 Å². The van der Waals surface area contributed by atoms with E-state index in [4.69, 9.17) is 19.8 Å². The van der Waals surface area contributed by atoms with E-state index in [-0.39, 0.29) is 0 Å². The number of H-pyrrole nitrogens is 1. The number of imidazole rings is 1. The van der Waals surface area contributed by atoms with E-state index in [9.17, 15) is 26.3 Å². The maximum Gasteiger partial charge on any atom is 0.490 e. The average Bonchev–Trinajstić information content (AvgIpc) is 3.29. The van der Waals surface area contributed by atoms with Crippen molar-refractivity contribution in [2.75, 3.05) is 7.05 Å². The third kappa shape index (κ3) is 10.4. The Balaban J connectivity index is 0.000000324. The van der Waals surface area contributed by atoms with Gasteiger partial charge in [-0.2, -0.15) is 26.3 Å². The summed E-state index contributed by atoms with van der Waals surface area (Å²) >= 11 is 1.79. The molecule has 33 heavy (non-hydrogen) atoms. The molecule has 0 atom stereocenters. The van der Waals surface area contributed by atoms with Gasteiger partial charge in [-0.05, 0) is 48.5 Å². The first-order valence-electron chi connectivity index (χ1n) is 8.85. The van der Waals surface area contributed by atoms with Crippen LogP contribution in [0.15, 0.2) is 35.8 Å². The molecule has 182 valence electrons. The van der Waals surface area contributed by atoms with Gasteiger partial charge in [-0.25, -0.2) is 14.6 Å². The Morgan fingerprint density at radius 3 is 2.03 bits per heavy atom. The molecule has 0 spiro atoms. The molecule has 0 unspecified atom stereocenters. The Hall–Kier alpha value is -3.13. The van der Waals surface area contributed by atoms with E-state index >= 15 is 0 Å². The van der Waals surface area contributed by atoms with E-state index in [0.717, 1.165) is 24.6 Å². The van der Waals surface area contributed by atoms with Crippen LogP contribution in [0.4, 0.5) is 26.3 Å². The maximum atomic E-state index is 10.6. The smallest absolute Gasteiger partial charge is 0.475 e. The second-order valence-electron chi connectivity index (χ2n) is 6.58. The normalized spacial score (nSPS) is 11.4. The summed E-state index contributed by atoms with van der Waals surface area (Å²) in [5.41, 5.74) is 2.46. The summed E-state index contributed by atoms with van der Waals surface area (Å²) in [7, 11) is 2.12. The number of aromatic amines is 1. The first-order valence-corrected chi connectivity index (χ1v) is 9.73. The van der Waals surface area contributed by atoms with E-state index in [1.807, 2.05) is 13.1 Å². The molecule has 0 radical (unpaired) electrons. The number of hydrogen-bond acceptors (Lipinski definition) is 5. The van der Waals surface area contributed by atoms with Crippen molar-refractivity contribution < 1.29 is 46.1 Å². The monoisotopic (exact) mass is 499 g/mol. The highest BCUT2D eigenvalue weighted by atomic mass is 32.1. The summed E-state index contributed by atoms with van der Waals surface area (Å²) in [5, 5.41) is 17.7. The molecule has 3 N–H and O–H groups in total. The number of alkyl halides is 6. The fraction of sp³-hybridized carbons (Fsp3) is 0.316. The van der Waals surface area contributed by atoms with E-state index in [0.29, 0.717) is 0 Å². The third-order valence-electron chi connectivity index (χ3n) is 3.63. The number of aryl methyl sites for hydroxylation is 1. The zero-order valence-electron chi connectivity index (χ0n) is 17.2. The fourth-order valence-electron chi connectivity index (χ4n) is 2.28. The molecule has 7 nitrogen and oxygen atoms in total. The molecule has 0 saturated carbocycles. The summed E-state index contributed by atoms with van der Waals surface area (Å²) in [6, 6.07) is 8.87. The molecule has 14 heteroatoms. The maximum absolute atomic E-state index is 10.6. The molecular formula is C19H19F6N3O4S. The first kappa shape index (κ1) is 27.9. The molecule has 0 amide bonds. The average molecular weight is 499 g/mol. The first-order chi connectivity index (χ1) is 15.1. The van der Waals surface area contributed by atoms with Crippen molar-refractivity contribution in [1.29, 1.82) is 0 Å². The predicted molar refractivity (Wildman–Crippen MR) is 108 cm³/mol. The van der Waals surface area contributed by atoms with Gasteiger partial charge in [0.2, 0.25) is 0 Å². The molecule has 0 saturated heterocycles. The number of hydrogen-bond donors (Lipinski definition) is 3. The molecule has 0 bridgehead atoms. The standard InChI is InChI=1S/C15H17N3S.2C2HF3O2/c1-11-8-16-15(17-11)10-18(2)9-12-3-4-14-13(7-12)5-6-19-14;2*3-2(4,5)1(6)7/h3-8H,9-10H2,1-2H3,(H,16,17);2*(H,6,7). The zero-order chi connectivity index (χ0) is 25.4. The minimum absolute atomic E-state index is 0.843. The van der Waals surface area contributed by atoms with Crippen LogP contribution in [0.25, 0.3) is 10.1 Å². The zero-order valence-corrected chi connectivity index (χ0v) is 18.0. The van der Waals surface area contributed by atoms with Crippen LogP contribution in [0.2, 0.25) is 0 Å². The second kappa shape index (κ2) is 11.7. The van der Waals surface area contributed by atoms with Crippen molar-refractivity contribution >= 4 is 33.4 Å². The van der Waals surface area contributed by atoms with Crippen molar-refractivity contribution in [2.24, 2.45) is 0 Å². The highest BCUT2D eigenvalue weighted by Gasteiger charge is 2.38. The predicted octanol–water partition coefficient (Wildman–Crippen LogP) is 4.83. The Labute approximate surface area is 187 Å². The molecule has 0 aliphatic heterocycles. The minimum Gasteiger partial charge on any atom is -0.475 e. The number of fused-ring (bicyclic) bond motifs is 1. The van der Waals surface area contributed by atoms with Crippen molar-refractivity contribution in [3.8, 4) is 0 Å². The number of halogens is 6. The van der Waals surface area contributed by atoms with Crippen LogP contribution < -0.4 is 0 Å². The summed E-state index contributed by atoms with van der Waals surface area (Å²) in [6.45, 7) is 3.81. The number of benzene rings is 1. The summed E-state index contributed by atoms with van der Waals surface area (Å²) in [5.74, 6) is -4.49. The van der Waals surface area contributed by atoms with Gasteiger partial charge in [0.05, 0.1) is 6.54 Å². The quantitative estimate of drug-likeness (QED) is 0.444. The fourth-order valence-corrected chi connectivity index (χ4v) is 3.06. The number of nitrogens with one attached hydrogen (secondary N) is 1. The minimum atomic E-state index is -5.08. The summed E-state index contributed by atoms with van der Waals surface area (Å²) < 4.78 is 64.8. The Morgan fingerprint density at radius 2 is 1.58 bits per heavy atom. The van der Waals surface area contributed by atoms with Crippen LogP contribution in [0.5, 0.6) is 0 Å². The summed E-state index contributed by atoms with van der Waals surface area (Å²) in [6.07, 6.45) is -8.29. The van der Waals surface area contributed by atoms with Gasteiger partial charge in [0.25, 0.3) is 0 Å². The van der Waals surface area contributed by atoms with Crippen LogP contribution in [0.1, 0.15) is 17.1 Å². The van der Waals surface area contributed by atoms with Gasteiger partial charge < -0.3 is 15.2 Å². The highest BCUT2D eigenvalue weighted by Crippen LogP contribution is 2.22. The van der Waals surface area contributed by atoms with Crippen LogP contribution >= 0.6 is 11.3 Å². The number of carboxylic acid groups (broad SMARTS) is 2. The molecular weight excluding hydrogens is 480 g/mol. The molecule has 2 aromatic heterocycles. The molecule has 2 heterocycles. The number of aliphatic carboxylic acids is 2. The molecule has 0 fully saturated rings. The second-order valence-corrected chi connectivity index (χ2v) is 7.53. The number of thiophene rings is 1. The highest BCUT2D eigenvalue weighted by molar-refractivity contribution is 7.17. The van der Waals surface area contributed by atoms with Crippen LogP contribution in [0.3, 0.4) is 0 Å². The molecule has 3 rings (SSSR count). The number of aromatic nitrogens is 2. The van der Waals surface area contributed by atoms with E-state index in [1.165, 1.54) is 15.6 Å². The van der Waals surface area contributed by atoms with E-state index in [1.54, 1.807) is 11.3 Å². The van der Waals surface area contributed by atoms with E-state index in [2.05, 4.69) is 51.6 Å². The van der Waals surface area contributed by atoms with Crippen LogP contribution in [0, 0.1) is 6.92 Å². The Bertz CT molecular complexity index is 1040. The topological polar surface area (TPSA) is 107 Å². The van der Waals surface area contributed by atoms with Crippen LogP contribution in [-0.2, 0) is 22.7 Å². The van der Waals surface area contributed by atoms with Gasteiger partial charge in [-0.15, -0.1) is 11.3 Å². The van der Waals surface area contributed by atoms with E-state index < -0.39 is 24.3 Å². The largest absolute Gasteiger partial charge is 0.490 e. The number of rotatable bonds is 4. The lowest BCUT2D eigenvalue weighted by Gasteiger charge is -2.15. The van der Waals surface area contributed by atoms with Gasteiger partial charge in [0.1, 0.15) is 5.82 Å². The lowest BCUT2D eigenvalue weighted by Crippen LogP contribution is -2.21. The van der Waals surface area contributed by atoms with Gasteiger partial charge in [-0.3, -0.25) is 4.90 Å². The van der Waals surface area contributed by atoms with Gasteiger partial charge >= 0.3 is 24.3 Å². The third-order valence-corrected chi connectivity index (χ3v) is 4.53.